The highest BCUT2D eigenvalue weighted by Gasteiger charge is 2.08. The maximum absolute atomic E-state index is 12.1. The van der Waals surface area contributed by atoms with Crippen molar-refractivity contribution in [3.63, 3.8) is 0 Å². The monoisotopic (exact) mass is 268 g/mol. The van der Waals surface area contributed by atoms with Gasteiger partial charge in [0.25, 0.3) is 5.91 Å². The smallest absolute Gasteiger partial charge is 0.251 e. The summed E-state index contributed by atoms with van der Waals surface area (Å²) in [4.78, 5) is 16.3. The molecule has 5 heteroatoms. The molecule has 0 radical (unpaired) electrons. The van der Waals surface area contributed by atoms with E-state index in [0.717, 1.165) is 16.7 Å². The molecule has 0 aliphatic heterocycles. The van der Waals surface area contributed by atoms with Gasteiger partial charge in [0, 0.05) is 49.2 Å². The van der Waals surface area contributed by atoms with E-state index >= 15 is 0 Å². The summed E-state index contributed by atoms with van der Waals surface area (Å²) >= 11 is 0. The largest absolute Gasteiger partial charge is 0.351 e. The van der Waals surface area contributed by atoms with Crippen LogP contribution in [-0.4, -0.2) is 20.0 Å². The Balaban J connectivity index is 1.77. The van der Waals surface area contributed by atoms with Gasteiger partial charge in [-0.1, -0.05) is 0 Å². The molecule has 0 spiro atoms. The SMILES string of the molecule is Cn1ccnc1CNC(=O)c1ccc2c(ccn2C)c1. The number of hydrogen-bond acceptors (Lipinski definition) is 2. The fourth-order valence-corrected chi connectivity index (χ4v) is 2.25. The number of aromatic nitrogens is 3. The van der Waals surface area contributed by atoms with Crippen LogP contribution in [-0.2, 0) is 20.6 Å². The summed E-state index contributed by atoms with van der Waals surface area (Å²) in [5, 5.41) is 3.95. The van der Waals surface area contributed by atoms with Gasteiger partial charge in [-0.3, -0.25) is 4.79 Å². The third kappa shape index (κ3) is 2.18. The quantitative estimate of drug-likeness (QED) is 0.788. The minimum absolute atomic E-state index is 0.0845. The van der Waals surface area contributed by atoms with E-state index < -0.39 is 0 Å². The van der Waals surface area contributed by atoms with Gasteiger partial charge in [-0.2, -0.15) is 0 Å². The van der Waals surface area contributed by atoms with Crippen LogP contribution in [0.2, 0.25) is 0 Å². The molecule has 2 heterocycles. The van der Waals surface area contributed by atoms with E-state index in [9.17, 15) is 4.79 Å². The summed E-state index contributed by atoms with van der Waals surface area (Å²) in [6, 6.07) is 7.72. The van der Waals surface area contributed by atoms with Gasteiger partial charge in [-0.25, -0.2) is 4.98 Å². The second-order valence-electron chi connectivity index (χ2n) is 4.84. The number of fused-ring (bicyclic) bond motifs is 1. The highest BCUT2D eigenvalue weighted by Crippen LogP contribution is 2.16. The predicted octanol–water partition coefficient (Wildman–Crippen LogP) is 1.84. The van der Waals surface area contributed by atoms with Crippen LogP contribution in [0.1, 0.15) is 16.2 Å². The summed E-state index contributed by atoms with van der Waals surface area (Å²) in [5.41, 5.74) is 1.78. The average molecular weight is 268 g/mol. The van der Waals surface area contributed by atoms with Crippen molar-refractivity contribution in [2.45, 2.75) is 6.54 Å². The molecule has 102 valence electrons. The molecule has 0 unspecified atom stereocenters. The lowest BCUT2D eigenvalue weighted by Gasteiger charge is -2.06. The highest BCUT2D eigenvalue weighted by atomic mass is 16.1. The molecule has 0 atom stereocenters. The molecule has 0 fully saturated rings. The van der Waals surface area contributed by atoms with Gasteiger partial charge >= 0.3 is 0 Å². The Morgan fingerprint density at radius 2 is 2.05 bits per heavy atom. The molecular formula is C15H16N4O. The molecule has 0 aliphatic carbocycles. The summed E-state index contributed by atoms with van der Waals surface area (Å²) < 4.78 is 3.92. The first-order chi connectivity index (χ1) is 9.65. The molecule has 1 aromatic carbocycles. The topological polar surface area (TPSA) is 51.9 Å². The molecule has 3 aromatic rings. The first-order valence-electron chi connectivity index (χ1n) is 6.44. The number of imidazole rings is 1. The van der Waals surface area contributed by atoms with E-state index in [1.54, 1.807) is 6.20 Å². The summed E-state index contributed by atoms with van der Waals surface area (Å²) in [6.07, 6.45) is 5.56. The number of carbonyl (C=O) groups is 1. The number of rotatable bonds is 3. The molecule has 0 bridgehead atoms. The van der Waals surface area contributed by atoms with Crippen molar-refractivity contribution in [3.8, 4) is 0 Å². The Labute approximate surface area is 116 Å². The van der Waals surface area contributed by atoms with E-state index in [1.807, 2.05) is 59.9 Å². The van der Waals surface area contributed by atoms with Gasteiger partial charge in [0.15, 0.2) is 0 Å². The van der Waals surface area contributed by atoms with Gasteiger partial charge in [0.1, 0.15) is 5.82 Å². The molecule has 2 aromatic heterocycles. The second-order valence-corrected chi connectivity index (χ2v) is 4.84. The van der Waals surface area contributed by atoms with Crippen molar-refractivity contribution in [1.82, 2.24) is 19.4 Å². The van der Waals surface area contributed by atoms with Crippen LogP contribution in [0.3, 0.4) is 0 Å². The van der Waals surface area contributed by atoms with Crippen molar-refractivity contribution in [2.24, 2.45) is 14.1 Å². The van der Waals surface area contributed by atoms with Gasteiger partial charge in [-0.15, -0.1) is 0 Å². The standard InChI is InChI=1S/C15H16N4O/c1-18-7-5-11-9-12(3-4-13(11)18)15(20)17-10-14-16-6-8-19(14)2/h3-9H,10H2,1-2H3,(H,17,20). The molecule has 3 rings (SSSR count). The first kappa shape index (κ1) is 12.5. The van der Waals surface area contributed by atoms with Gasteiger partial charge in [-0.05, 0) is 24.3 Å². The number of amides is 1. The normalized spacial score (nSPS) is 10.9. The Kier molecular flexibility index (Phi) is 3.02. The molecule has 1 N–H and O–H groups in total. The van der Waals surface area contributed by atoms with Crippen LogP contribution in [0, 0.1) is 0 Å². The minimum atomic E-state index is -0.0845. The summed E-state index contributed by atoms with van der Waals surface area (Å²) in [5.74, 6) is 0.748. The molecule has 0 saturated carbocycles. The number of nitrogens with zero attached hydrogens (tertiary/aromatic N) is 3. The van der Waals surface area contributed by atoms with Crippen LogP contribution in [0.5, 0.6) is 0 Å². The van der Waals surface area contributed by atoms with Gasteiger partial charge < -0.3 is 14.5 Å². The molecule has 5 nitrogen and oxygen atoms in total. The van der Waals surface area contributed by atoms with Crippen molar-refractivity contribution in [1.29, 1.82) is 0 Å². The molecule has 20 heavy (non-hydrogen) atoms. The number of nitrogens with one attached hydrogen (secondary N) is 1. The maximum atomic E-state index is 12.1. The fourth-order valence-electron chi connectivity index (χ4n) is 2.25. The fraction of sp³-hybridized carbons (Fsp3) is 0.200. The Morgan fingerprint density at radius 1 is 1.20 bits per heavy atom. The lowest BCUT2D eigenvalue weighted by atomic mass is 10.1. The maximum Gasteiger partial charge on any atom is 0.251 e. The van der Waals surface area contributed by atoms with E-state index in [0.29, 0.717) is 12.1 Å². The predicted molar refractivity (Wildman–Crippen MR) is 77.3 cm³/mol. The third-order valence-corrected chi connectivity index (χ3v) is 3.48. The number of hydrogen-bond donors (Lipinski definition) is 1. The van der Waals surface area contributed by atoms with E-state index in [-0.39, 0.29) is 5.91 Å². The molecule has 1 amide bonds. The third-order valence-electron chi connectivity index (χ3n) is 3.48. The van der Waals surface area contributed by atoms with E-state index in [2.05, 4.69) is 10.3 Å². The lowest BCUT2D eigenvalue weighted by molar-refractivity contribution is 0.0949. The molecule has 0 aliphatic rings. The number of carbonyl (C=O) groups excluding carboxylic acids is 1. The Morgan fingerprint density at radius 3 is 2.80 bits per heavy atom. The lowest BCUT2D eigenvalue weighted by Crippen LogP contribution is -2.24. The van der Waals surface area contributed by atoms with E-state index in [4.69, 9.17) is 0 Å². The van der Waals surface area contributed by atoms with Crippen LogP contribution >= 0.6 is 0 Å². The zero-order valence-electron chi connectivity index (χ0n) is 11.5. The minimum Gasteiger partial charge on any atom is -0.351 e. The van der Waals surface area contributed by atoms with Gasteiger partial charge in [0.2, 0.25) is 0 Å². The number of aryl methyl sites for hydroxylation is 2. The molecular weight excluding hydrogens is 252 g/mol. The average Bonchev–Trinajstić information content (AvgIpc) is 3.02. The van der Waals surface area contributed by atoms with Crippen LogP contribution in [0.4, 0.5) is 0 Å². The second kappa shape index (κ2) is 4.85. The Bertz CT molecular complexity index is 769. The number of benzene rings is 1. The van der Waals surface area contributed by atoms with Gasteiger partial charge in [0.05, 0.1) is 6.54 Å². The van der Waals surface area contributed by atoms with Crippen molar-refractivity contribution in [2.75, 3.05) is 0 Å². The molecule has 0 saturated heterocycles. The van der Waals surface area contributed by atoms with Crippen LogP contribution in [0.15, 0.2) is 42.9 Å². The summed E-state index contributed by atoms with van der Waals surface area (Å²) in [6.45, 7) is 0.426. The Hall–Kier alpha value is -2.56. The highest BCUT2D eigenvalue weighted by molar-refractivity contribution is 5.98. The zero-order chi connectivity index (χ0) is 14.1. The zero-order valence-corrected chi connectivity index (χ0v) is 11.5. The van der Waals surface area contributed by atoms with Crippen molar-refractivity contribution >= 4 is 16.8 Å². The van der Waals surface area contributed by atoms with E-state index in [1.165, 1.54) is 0 Å². The van der Waals surface area contributed by atoms with Crippen LogP contribution < -0.4 is 5.32 Å². The first-order valence-corrected chi connectivity index (χ1v) is 6.44. The van der Waals surface area contributed by atoms with Crippen molar-refractivity contribution < 1.29 is 4.79 Å². The summed E-state index contributed by atoms with van der Waals surface area (Å²) in [7, 11) is 3.90. The van der Waals surface area contributed by atoms with Crippen LogP contribution in [0.25, 0.3) is 10.9 Å². The van der Waals surface area contributed by atoms with Crippen molar-refractivity contribution in [3.05, 3.63) is 54.2 Å².